The minimum absolute atomic E-state index is 0.0204. The van der Waals surface area contributed by atoms with Crippen molar-refractivity contribution in [1.82, 2.24) is 4.57 Å². The largest absolute Gasteiger partial charge is 0.308 e. The predicted molar refractivity (Wildman–Crippen MR) is 89.7 cm³/mol. The molecule has 1 heterocycles. The second-order valence-electron chi connectivity index (χ2n) is 4.84. The molecule has 0 amide bonds. The summed E-state index contributed by atoms with van der Waals surface area (Å²) in [6, 6.07) is 21.9. The molecule has 0 saturated heterocycles. The van der Waals surface area contributed by atoms with Crippen molar-refractivity contribution in [3.63, 3.8) is 0 Å². The molecule has 3 rings (SSSR count). The Hall–Kier alpha value is -2.64. The Morgan fingerprint density at radius 2 is 1.55 bits per heavy atom. The lowest BCUT2D eigenvalue weighted by molar-refractivity contribution is 0.711. The third-order valence-electron chi connectivity index (χ3n) is 3.43. The zero-order chi connectivity index (χ0) is 15.4. The number of rotatable bonds is 4. The second kappa shape index (κ2) is 6.42. The van der Waals surface area contributed by atoms with Gasteiger partial charge in [-0.25, -0.2) is 0 Å². The fourth-order valence-electron chi connectivity index (χ4n) is 2.44. The Kier molecular flexibility index (Phi) is 4.17. The summed E-state index contributed by atoms with van der Waals surface area (Å²) in [5, 5.41) is 8.84. The average molecular weight is 306 g/mol. The molecule has 0 unspecified atom stereocenters. The van der Waals surface area contributed by atoms with Crippen molar-refractivity contribution in [2.75, 3.05) is 0 Å². The number of hydrogen-bond donors (Lipinski definition) is 0. The van der Waals surface area contributed by atoms with Gasteiger partial charge in [0.25, 0.3) is 0 Å². The first-order valence-corrected chi connectivity index (χ1v) is 7.84. The Morgan fingerprint density at radius 3 is 2.14 bits per heavy atom. The van der Waals surface area contributed by atoms with Gasteiger partial charge in [0.05, 0.1) is 23.1 Å². The van der Waals surface area contributed by atoms with Crippen LogP contribution in [0.4, 0.5) is 0 Å². The van der Waals surface area contributed by atoms with Crippen molar-refractivity contribution in [1.29, 1.82) is 5.26 Å². The van der Waals surface area contributed by atoms with E-state index in [1.807, 2.05) is 60.7 Å². The maximum absolute atomic E-state index is 12.4. The smallest absolute Gasteiger partial charge is 0.297 e. The summed E-state index contributed by atoms with van der Waals surface area (Å²) in [5.41, 5.74) is 2.92. The molecule has 0 fully saturated rings. The summed E-state index contributed by atoms with van der Waals surface area (Å²) < 4.78 is 1.71. The van der Waals surface area contributed by atoms with Gasteiger partial charge < -0.3 is 0 Å². The average Bonchev–Trinajstić information content (AvgIpc) is 2.91. The number of benzene rings is 2. The lowest BCUT2D eigenvalue weighted by Crippen LogP contribution is -2.14. The summed E-state index contributed by atoms with van der Waals surface area (Å²) in [6.07, 6.45) is 0.324. The topological polar surface area (TPSA) is 45.8 Å². The van der Waals surface area contributed by atoms with Crippen LogP contribution < -0.4 is 4.87 Å². The molecule has 108 valence electrons. The standard InChI is InChI=1S/C18H14N2OS/c19-12-7-13-20-16(14-8-3-1-4-9-14)17(22-18(20)21)15-10-5-2-6-11-15/h1-6,8-11H,7,13H2. The Morgan fingerprint density at radius 1 is 0.955 bits per heavy atom. The highest BCUT2D eigenvalue weighted by molar-refractivity contribution is 7.13. The van der Waals surface area contributed by atoms with Crippen LogP contribution in [0.25, 0.3) is 21.7 Å². The van der Waals surface area contributed by atoms with Gasteiger partial charge in [0.15, 0.2) is 0 Å². The highest BCUT2D eigenvalue weighted by atomic mass is 32.1. The minimum atomic E-state index is -0.0204. The molecule has 0 aliphatic carbocycles. The van der Waals surface area contributed by atoms with Crippen LogP contribution in [-0.4, -0.2) is 4.57 Å². The first-order chi connectivity index (χ1) is 10.8. The Labute approximate surface area is 132 Å². The predicted octanol–water partition coefficient (Wildman–Crippen LogP) is 4.16. The molecule has 0 spiro atoms. The molecule has 0 atom stereocenters. The summed E-state index contributed by atoms with van der Waals surface area (Å²) in [4.78, 5) is 13.3. The Bertz CT molecular complexity index is 858. The summed E-state index contributed by atoms with van der Waals surface area (Å²) in [5.74, 6) is 0. The first kappa shape index (κ1) is 14.3. The van der Waals surface area contributed by atoms with Crippen molar-refractivity contribution in [3.8, 4) is 27.8 Å². The van der Waals surface area contributed by atoms with E-state index in [2.05, 4.69) is 6.07 Å². The maximum atomic E-state index is 12.4. The van der Waals surface area contributed by atoms with E-state index in [1.54, 1.807) is 4.57 Å². The molecular formula is C18H14N2OS. The highest BCUT2D eigenvalue weighted by Gasteiger charge is 2.17. The third kappa shape index (κ3) is 2.72. The van der Waals surface area contributed by atoms with Gasteiger partial charge in [-0.3, -0.25) is 9.36 Å². The second-order valence-corrected chi connectivity index (χ2v) is 5.80. The van der Waals surface area contributed by atoms with E-state index in [-0.39, 0.29) is 4.87 Å². The molecule has 0 aliphatic rings. The van der Waals surface area contributed by atoms with E-state index in [4.69, 9.17) is 5.26 Å². The number of thiazole rings is 1. The van der Waals surface area contributed by atoms with Crippen molar-refractivity contribution in [3.05, 3.63) is 70.3 Å². The molecule has 22 heavy (non-hydrogen) atoms. The van der Waals surface area contributed by atoms with Gasteiger partial charge in [0.1, 0.15) is 0 Å². The van der Waals surface area contributed by atoms with Crippen molar-refractivity contribution in [2.45, 2.75) is 13.0 Å². The van der Waals surface area contributed by atoms with Crippen LogP contribution in [0.3, 0.4) is 0 Å². The normalized spacial score (nSPS) is 10.3. The number of nitriles is 1. The molecule has 4 heteroatoms. The summed E-state index contributed by atoms with van der Waals surface area (Å²) in [6.45, 7) is 0.420. The quantitative estimate of drug-likeness (QED) is 0.726. The van der Waals surface area contributed by atoms with Gasteiger partial charge in [-0.15, -0.1) is 0 Å². The summed E-state index contributed by atoms with van der Waals surface area (Å²) in [7, 11) is 0. The van der Waals surface area contributed by atoms with E-state index in [0.29, 0.717) is 13.0 Å². The van der Waals surface area contributed by atoms with Crippen LogP contribution in [-0.2, 0) is 6.54 Å². The molecule has 0 radical (unpaired) electrons. The van der Waals surface area contributed by atoms with Crippen molar-refractivity contribution < 1.29 is 0 Å². The van der Waals surface area contributed by atoms with Gasteiger partial charge in [-0.2, -0.15) is 5.26 Å². The molecule has 3 nitrogen and oxygen atoms in total. The van der Waals surface area contributed by atoms with Crippen LogP contribution in [0.15, 0.2) is 65.5 Å². The van der Waals surface area contributed by atoms with E-state index < -0.39 is 0 Å². The van der Waals surface area contributed by atoms with Gasteiger partial charge >= 0.3 is 4.87 Å². The van der Waals surface area contributed by atoms with Crippen LogP contribution in [0.5, 0.6) is 0 Å². The molecule has 1 aromatic heterocycles. The van der Waals surface area contributed by atoms with Crippen molar-refractivity contribution >= 4 is 11.3 Å². The fraction of sp³-hybridized carbons (Fsp3) is 0.111. The summed E-state index contributed by atoms with van der Waals surface area (Å²) >= 11 is 1.24. The molecule has 3 aromatic rings. The molecule has 2 aromatic carbocycles. The lowest BCUT2D eigenvalue weighted by atomic mass is 10.1. The number of aromatic nitrogens is 1. The van der Waals surface area contributed by atoms with Crippen LogP contribution in [0.2, 0.25) is 0 Å². The van der Waals surface area contributed by atoms with Crippen LogP contribution in [0, 0.1) is 11.3 Å². The lowest BCUT2D eigenvalue weighted by Gasteiger charge is -2.09. The van der Waals surface area contributed by atoms with E-state index in [0.717, 1.165) is 21.7 Å². The van der Waals surface area contributed by atoms with Crippen molar-refractivity contribution in [2.24, 2.45) is 0 Å². The molecule has 0 aliphatic heterocycles. The maximum Gasteiger partial charge on any atom is 0.308 e. The van der Waals surface area contributed by atoms with Gasteiger partial charge in [0, 0.05) is 6.54 Å². The number of nitrogens with zero attached hydrogens (tertiary/aromatic N) is 2. The number of hydrogen-bond acceptors (Lipinski definition) is 3. The molecule has 0 bridgehead atoms. The zero-order valence-corrected chi connectivity index (χ0v) is 12.7. The van der Waals surface area contributed by atoms with Gasteiger partial charge in [-0.1, -0.05) is 72.0 Å². The van der Waals surface area contributed by atoms with Gasteiger partial charge in [-0.05, 0) is 11.1 Å². The SMILES string of the molecule is N#CCCn1c(-c2ccccc2)c(-c2ccccc2)sc1=O. The minimum Gasteiger partial charge on any atom is -0.297 e. The molecule has 0 saturated carbocycles. The molecular weight excluding hydrogens is 292 g/mol. The monoisotopic (exact) mass is 306 g/mol. The van der Waals surface area contributed by atoms with Crippen LogP contribution in [0.1, 0.15) is 6.42 Å². The van der Waals surface area contributed by atoms with E-state index in [9.17, 15) is 4.79 Å². The van der Waals surface area contributed by atoms with Crippen LogP contribution >= 0.6 is 11.3 Å². The first-order valence-electron chi connectivity index (χ1n) is 7.02. The zero-order valence-electron chi connectivity index (χ0n) is 11.9. The van der Waals surface area contributed by atoms with E-state index in [1.165, 1.54) is 11.3 Å². The highest BCUT2D eigenvalue weighted by Crippen LogP contribution is 2.34. The fourth-order valence-corrected chi connectivity index (χ4v) is 3.48. The van der Waals surface area contributed by atoms with Gasteiger partial charge in [0.2, 0.25) is 0 Å². The van der Waals surface area contributed by atoms with E-state index >= 15 is 0 Å². The Balaban J connectivity index is 2.23. The molecule has 0 N–H and O–H groups in total. The third-order valence-corrected chi connectivity index (χ3v) is 4.45.